The highest BCUT2D eigenvalue weighted by Crippen LogP contribution is 2.41. The zero-order valence-corrected chi connectivity index (χ0v) is 23.7. The number of nitrogens with zero attached hydrogens (tertiary/aromatic N) is 2. The number of nitrogens with one attached hydrogen (secondary N) is 1. The van der Waals surface area contributed by atoms with Crippen molar-refractivity contribution >= 4 is 27.7 Å². The van der Waals surface area contributed by atoms with E-state index in [1.807, 2.05) is 18.2 Å². The minimum atomic E-state index is -3.99. The molecule has 2 fully saturated rings. The summed E-state index contributed by atoms with van der Waals surface area (Å²) in [6.45, 7) is 2.51. The Morgan fingerprint density at radius 1 is 0.950 bits per heavy atom. The van der Waals surface area contributed by atoms with Gasteiger partial charge in [0.1, 0.15) is 12.4 Å². The molecule has 2 atom stereocenters. The van der Waals surface area contributed by atoms with Crippen LogP contribution in [0, 0.1) is 5.82 Å². The Morgan fingerprint density at radius 2 is 1.68 bits per heavy atom. The molecule has 40 heavy (non-hydrogen) atoms. The van der Waals surface area contributed by atoms with E-state index < -0.39 is 34.0 Å². The normalized spacial score (nSPS) is 20.9. The first-order chi connectivity index (χ1) is 19.3. The Labute approximate surface area is 239 Å². The molecule has 0 unspecified atom stereocenters. The lowest BCUT2D eigenvalue weighted by Gasteiger charge is -2.32. The van der Waals surface area contributed by atoms with Gasteiger partial charge in [0.05, 0.1) is 17.0 Å². The van der Waals surface area contributed by atoms with Gasteiger partial charge in [-0.05, 0) is 73.2 Å². The van der Waals surface area contributed by atoms with E-state index in [2.05, 4.69) is 22.3 Å². The predicted molar refractivity (Wildman–Crippen MR) is 152 cm³/mol. The number of sulfonamides is 1. The molecule has 2 heterocycles. The van der Waals surface area contributed by atoms with Crippen LogP contribution in [0.3, 0.4) is 0 Å². The molecular formula is C30H33ClFN3O4S. The zero-order chi connectivity index (χ0) is 28.1. The fourth-order valence-corrected chi connectivity index (χ4v) is 7.56. The molecule has 2 saturated heterocycles. The Kier molecular flexibility index (Phi) is 9.05. The molecule has 0 aliphatic carbocycles. The van der Waals surface area contributed by atoms with Crippen molar-refractivity contribution in [2.24, 2.45) is 0 Å². The Bertz CT molecular complexity index is 1400. The van der Waals surface area contributed by atoms with Gasteiger partial charge in [0, 0.05) is 30.7 Å². The van der Waals surface area contributed by atoms with Crippen molar-refractivity contribution in [2.75, 3.05) is 19.7 Å². The average Bonchev–Trinajstić information content (AvgIpc) is 3.39. The molecule has 10 heteroatoms. The Morgan fingerprint density at radius 3 is 2.38 bits per heavy atom. The van der Waals surface area contributed by atoms with Gasteiger partial charge in [0.2, 0.25) is 10.0 Å². The van der Waals surface area contributed by atoms with E-state index in [1.54, 1.807) is 12.1 Å². The third kappa shape index (κ3) is 6.83. The summed E-state index contributed by atoms with van der Waals surface area (Å²) in [5.74, 6) is -0.435. The highest BCUT2D eigenvalue weighted by Gasteiger charge is 2.43. The summed E-state index contributed by atoms with van der Waals surface area (Å²) < 4.78 is 48.5. The number of hydrogen-bond acceptors (Lipinski definition) is 5. The van der Waals surface area contributed by atoms with Crippen LogP contribution < -0.4 is 5.32 Å². The second kappa shape index (κ2) is 12.7. The summed E-state index contributed by atoms with van der Waals surface area (Å²) in [4.78, 5) is 15.2. The lowest BCUT2D eigenvalue weighted by atomic mass is 10.0. The van der Waals surface area contributed by atoms with Gasteiger partial charge >= 0.3 is 6.09 Å². The molecule has 0 radical (unpaired) electrons. The standard InChI is InChI=1S/C30H33ClFN3O4S/c31-24-9-12-28(13-10-24)40(37,38)35-27(11-14-29(35)23-7-4-8-25(32)19-23)21-39-30(36)33-26-15-17-34(18-16-26)20-22-5-2-1-3-6-22/h1-10,12-13,19,26-27,29H,11,14-18,20-21H2,(H,33,36)/t27-,29+/m1/s1. The number of alkyl carbamates (subject to hydrolysis) is 1. The van der Waals surface area contributed by atoms with Crippen molar-refractivity contribution in [1.82, 2.24) is 14.5 Å². The van der Waals surface area contributed by atoms with Crippen LogP contribution in [0.4, 0.5) is 9.18 Å². The number of likely N-dealkylation sites (tertiary alicyclic amines) is 1. The quantitative estimate of drug-likeness (QED) is 0.363. The van der Waals surface area contributed by atoms with Crippen LogP contribution in [0.5, 0.6) is 0 Å². The molecule has 0 bridgehead atoms. The number of carbonyl (C=O) groups is 1. The molecule has 0 saturated carbocycles. The molecule has 2 aliphatic rings. The van der Waals surface area contributed by atoms with Crippen molar-refractivity contribution in [3.8, 4) is 0 Å². The summed E-state index contributed by atoms with van der Waals surface area (Å²) in [7, 11) is -3.99. The van der Waals surface area contributed by atoms with Crippen molar-refractivity contribution < 1.29 is 22.3 Å². The van der Waals surface area contributed by atoms with Gasteiger partial charge in [0.15, 0.2) is 0 Å². The summed E-state index contributed by atoms with van der Waals surface area (Å²) in [6.07, 6.45) is 2.01. The number of ether oxygens (including phenoxy) is 1. The van der Waals surface area contributed by atoms with Crippen LogP contribution in [-0.2, 0) is 21.3 Å². The second-order valence-electron chi connectivity index (χ2n) is 10.4. The number of halogens is 2. The van der Waals surface area contributed by atoms with E-state index in [9.17, 15) is 17.6 Å². The Balaban J connectivity index is 1.21. The fourth-order valence-electron chi connectivity index (χ4n) is 5.59. The van der Waals surface area contributed by atoms with Crippen LogP contribution in [0.15, 0.2) is 83.8 Å². The molecule has 0 aromatic heterocycles. The molecule has 1 amide bonds. The maximum absolute atomic E-state index is 14.1. The van der Waals surface area contributed by atoms with Crippen LogP contribution in [-0.4, -0.2) is 55.5 Å². The number of benzene rings is 3. The number of rotatable bonds is 8. The molecule has 1 N–H and O–H groups in total. The molecule has 3 aromatic carbocycles. The number of piperidine rings is 1. The van der Waals surface area contributed by atoms with E-state index in [1.165, 1.54) is 46.3 Å². The van der Waals surface area contributed by atoms with Crippen LogP contribution in [0.2, 0.25) is 5.02 Å². The van der Waals surface area contributed by atoms with Crippen LogP contribution in [0.25, 0.3) is 0 Å². The smallest absolute Gasteiger partial charge is 0.407 e. The monoisotopic (exact) mass is 585 g/mol. The second-order valence-corrected chi connectivity index (χ2v) is 12.6. The highest BCUT2D eigenvalue weighted by atomic mass is 35.5. The summed E-state index contributed by atoms with van der Waals surface area (Å²) in [5, 5.41) is 3.37. The van der Waals surface area contributed by atoms with E-state index in [0.717, 1.165) is 32.5 Å². The molecule has 5 rings (SSSR count). The molecule has 2 aliphatic heterocycles. The molecule has 7 nitrogen and oxygen atoms in total. The van der Waals surface area contributed by atoms with E-state index in [0.29, 0.717) is 23.4 Å². The van der Waals surface area contributed by atoms with Gasteiger partial charge in [0.25, 0.3) is 0 Å². The number of hydrogen-bond donors (Lipinski definition) is 1. The molecule has 212 valence electrons. The summed E-state index contributed by atoms with van der Waals surface area (Å²) >= 11 is 5.98. The molecular weight excluding hydrogens is 553 g/mol. The van der Waals surface area contributed by atoms with E-state index in [4.69, 9.17) is 16.3 Å². The van der Waals surface area contributed by atoms with Crippen molar-refractivity contribution in [3.63, 3.8) is 0 Å². The van der Waals surface area contributed by atoms with Gasteiger partial charge in [-0.1, -0.05) is 54.1 Å². The van der Waals surface area contributed by atoms with Gasteiger partial charge in [-0.15, -0.1) is 0 Å². The van der Waals surface area contributed by atoms with E-state index in [-0.39, 0.29) is 17.5 Å². The summed E-state index contributed by atoms with van der Waals surface area (Å²) in [5.41, 5.74) is 1.83. The molecule has 3 aromatic rings. The maximum Gasteiger partial charge on any atom is 0.407 e. The van der Waals surface area contributed by atoms with Crippen molar-refractivity contribution in [2.45, 2.75) is 55.2 Å². The van der Waals surface area contributed by atoms with Gasteiger partial charge in [-0.3, -0.25) is 4.90 Å². The predicted octanol–water partition coefficient (Wildman–Crippen LogP) is 5.76. The van der Waals surface area contributed by atoms with E-state index >= 15 is 0 Å². The first-order valence-electron chi connectivity index (χ1n) is 13.5. The maximum atomic E-state index is 14.1. The topological polar surface area (TPSA) is 79.0 Å². The third-order valence-corrected chi connectivity index (χ3v) is 9.86. The summed E-state index contributed by atoms with van der Waals surface area (Å²) in [6, 6.07) is 21.0. The average molecular weight is 586 g/mol. The number of amides is 1. The first-order valence-corrected chi connectivity index (χ1v) is 15.4. The lowest BCUT2D eigenvalue weighted by Crippen LogP contribution is -2.45. The van der Waals surface area contributed by atoms with Gasteiger partial charge in [-0.2, -0.15) is 4.31 Å². The van der Waals surface area contributed by atoms with Gasteiger partial charge < -0.3 is 10.1 Å². The Hall–Kier alpha value is -2.98. The van der Waals surface area contributed by atoms with Gasteiger partial charge in [-0.25, -0.2) is 17.6 Å². The SMILES string of the molecule is O=C(NC1CCN(Cc2ccccc2)CC1)OC[C@H]1CC[C@@H](c2cccc(F)c2)N1S(=O)(=O)c1ccc(Cl)cc1. The van der Waals surface area contributed by atoms with Crippen molar-refractivity contribution in [3.05, 3.63) is 101 Å². The number of carbonyl (C=O) groups excluding carboxylic acids is 1. The highest BCUT2D eigenvalue weighted by molar-refractivity contribution is 7.89. The first kappa shape index (κ1) is 28.5. The zero-order valence-electron chi connectivity index (χ0n) is 22.1. The lowest BCUT2D eigenvalue weighted by molar-refractivity contribution is 0.111. The van der Waals surface area contributed by atoms with Crippen molar-refractivity contribution in [1.29, 1.82) is 0 Å². The van der Waals surface area contributed by atoms with Crippen LogP contribution >= 0.6 is 11.6 Å². The molecule has 0 spiro atoms. The fraction of sp³-hybridized carbons (Fsp3) is 0.367. The largest absolute Gasteiger partial charge is 0.448 e. The minimum Gasteiger partial charge on any atom is -0.448 e. The minimum absolute atomic E-state index is 0.00273. The third-order valence-electron chi connectivity index (χ3n) is 7.63. The van der Waals surface area contributed by atoms with Crippen LogP contribution in [0.1, 0.15) is 42.9 Å².